The second-order valence-electron chi connectivity index (χ2n) is 4.35. The summed E-state index contributed by atoms with van der Waals surface area (Å²) in [4.78, 5) is 0. The molecule has 18 heavy (non-hydrogen) atoms. The molecule has 0 aliphatic heterocycles. The fourth-order valence-electron chi connectivity index (χ4n) is 1.95. The summed E-state index contributed by atoms with van der Waals surface area (Å²) in [6, 6.07) is 14.0. The van der Waals surface area contributed by atoms with Crippen LogP contribution < -0.4 is 5.32 Å². The van der Waals surface area contributed by atoms with Gasteiger partial charge in [-0.1, -0.05) is 42.5 Å². The van der Waals surface area contributed by atoms with Gasteiger partial charge in [0.1, 0.15) is 12.3 Å². The van der Waals surface area contributed by atoms with Crippen LogP contribution in [-0.4, -0.2) is 25.0 Å². The molecular weight excluding hydrogens is 226 g/mol. The van der Waals surface area contributed by atoms with Gasteiger partial charge < -0.3 is 9.84 Å². The number of aliphatic hydroxyl groups excluding tert-OH is 1. The minimum atomic E-state index is -0.605. The van der Waals surface area contributed by atoms with Crippen molar-refractivity contribution < 1.29 is 9.84 Å². The zero-order chi connectivity index (χ0) is 13.0. The molecule has 0 aromatic heterocycles. The number of aliphatic hydroxyl groups is 1. The maximum absolute atomic E-state index is 10.2. The van der Waals surface area contributed by atoms with E-state index in [4.69, 9.17) is 4.74 Å². The molecule has 2 aromatic rings. The van der Waals surface area contributed by atoms with Gasteiger partial charge in [0.25, 0.3) is 0 Å². The van der Waals surface area contributed by atoms with E-state index in [-0.39, 0.29) is 12.8 Å². The Morgan fingerprint density at radius 3 is 2.67 bits per heavy atom. The largest absolute Gasteiger partial charge is 0.386 e. The number of nitrogens with one attached hydrogen (secondary N) is 1. The summed E-state index contributed by atoms with van der Waals surface area (Å²) in [6.07, 6.45) is -0.665. The van der Waals surface area contributed by atoms with Gasteiger partial charge in [0.15, 0.2) is 0 Å². The van der Waals surface area contributed by atoms with E-state index in [1.165, 1.54) is 0 Å². The molecule has 0 fully saturated rings. The third-order valence-electron chi connectivity index (χ3n) is 3.09. The Balaban J connectivity index is 2.19. The molecule has 0 spiro atoms. The molecule has 2 aromatic carbocycles. The summed E-state index contributed by atoms with van der Waals surface area (Å²) in [5, 5.41) is 15.4. The highest BCUT2D eigenvalue weighted by atomic mass is 16.5. The Labute approximate surface area is 107 Å². The number of hydrogen-bond acceptors (Lipinski definition) is 3. The third kappa shape index (κ3) is 2.88. The fourth-order valence-corrected chi connectivity index (χ4v) is 1.95. The highest BCUT2D eigenvalue weighted by Crippen LogP contribution is 2.24. The van der Waals surface area contributed by atoms with E-state index in [0.717, 1.165) is 16.3 Å². The lowest BCUT2D eigenvalue weighted by Crippen LogP contribution is -2.26. The first-order valence-electron chi connectivity index (χ1n) is 6.17. The Morgan fingerprint density at radius 1 is 1.17 bits per heavy atom. The lowest BCUT2D eigenvalue weighted by atomic mass is 10.0. The number of benzene rings is 2. The van der Waals surface area contributed by atoms with Gasteiger partial charge in [-0.15, -0.1) is 0 Å². The van der Waals surface area contributed by atoms with Crippen molar-refractivity contribution in [3.63, 3.8) is 0 Å². The average molecular weight is 245 g/mol. The minimum Gasteiger partial charge on any atom is -0.386 e. The molecule has 0 saturated carbocycles. The highest BCUT2D eigenvalue weighted by Gasteiger charge is 2.12. The predicted octanol–water partition coefficient (Wildman–Crippen LogP) is 2.46. The van der Waals surface area contributed by atoms with Crippen molar-refractivity contribution in [1.29, 1.82) is 0 Å². The lowest BCUT2D eigenvalue weighted by molar-refractivity contribution is -0.0127. The molecule has 0 aliphatic carbocycles. The van der Waals surface area contributed by atoms with Gasteiger partial charge in [-0.25, -0.2) is 0 Å². The van der Waals surface area contributed by atoms with E-state index in [1.807, 2.05) is 56.4 Å². The summed E-state index contributed by atoms with van der Waals surface area (Å²) in [5.74, 6) is 0. The number of ether oxygens (including phenoxy) is 1. The van der Waals surface area contributed by atoms with Crippen LogP contribution in [0.5, 0.6) is 0 Å². The molecule has 96 valence electrons. The number of hydrogen-bond donors (Lipinski definition) is 2. The van der Waals surface area contributed by atoms with Crippen LogP contribution in [0.4, 0.5) is 0 Å². The van der Waals surface area contributed by atoms with Crippen molar-refractivity contribution in [3.8, 4) is 0 Å². The van der Waals surface area contributed by atoms with Crippen LogP contribution in [0, 0.1) is 0 Å². The maximum atomic E-state index is 10.2. The van der Waals surface area contributed by atoms with Crippen LogP contribution in [0.2, 0.25) is 0 Å². The zero-order valence-electron chi connectivity index (χ0n) is 10.8. The Bertz CT molecular complexity index is 507. The van der Waals surface area contributed by atoms with Crippen LogP contribution >= 0.6 is 0 Å². The highest BCUT2D eigenvalue weighted by molar-refractivity contribution is 5.85. The summed E-state index contributed by atoms with van der Waals surface area (Å²) in [6.45, 7) is 2.20. The second-order valence-corrected chi connectivity index (χ2v) is 4.35. The first-order chi connectivity index (χ1) is 8.72. The molecule has 0 amide bonds. The SMILES string of the molecule is CNC(C)OCC(O)c1cccc2ccccc12. The van der Waals surface area contributed by atoms with Gasteiger partial charge in [0, 0.05) is 0 Å². The number of fused-ring (bicyclic) bond motifs is 1. The zero-order valence-corrected chi connectivity index (χ0v) is 10.8. The standard InChI is InChI=1S/C15H19NO2/c1-11(16-2)18-10-15(17)14-9-5-7-12-6-3-4-8-13(12)14/h3-9,11,15-17H,10H2,1-2H3. The average Bonchev–Trinajstić information content (AvgIpc) is 2.43. The molecule has 3 nitrogen and oxygen atoms in total. The minimum absolute atomic E-state index is 0.0605. The molecule has 2 rings (SSSR count). The van der Waals surface area contributed by atoms with Crippen molar-refractivity contribution in [3.05, 3.63) is 48.0 Å². The quantitative estimate of drug-likeness (QED) is 0.795. The Morgan fingerprint density at radius 2 is 1.89 bits per heavy atom. The molecule has 2 unspecified atom stereocenters. The van der Waals surface area contributed by atoms with E-state index < -0.39 is 6.10 Å². The first kappa shape index (κ1) is 13.0. The van der Waals surface area contributed by atoms with Crippen molar-refractivity contribution in [1.82, 2.24) is 5.32 Å². The van der Waals surface area contributed by atoms with E-state index >= 15 is 0 Å². The first-order valence-corrected chi connectivity index (χ1v) is 6.17. The van der Waals surface area contributed by atoms with E-state index in [2.05, 4.69) is 5.32 Å². The van der Waals surface area contributed by atoms with E-state index in [9.17, 15) is 5.11 Å². The third-order valence-corrected chi connectivity index (χ3v) is 3.09. The number of rotatable bonds is 5. The Kier molecular flexibility index (Phi) is 4.31. The van der Waals surface area contributed by atoms with Crippen LogP contribution in [0.3, 0.4) is 0 Å². The van der Waals surface area contributed by atoms with Crippen LogP contribution in [-0.2, 0) is 4.74 Å². The summed E-state index contributed by atoms with van der Waals surface area (Å²) >= 11 is 0. The summed E-state index contributed by atoms with van der Waals surface area (Å²) < 4.78 is 5.50. The van der Waals surface area contributed by atoms with Crippen molar-refractivity contribution >= 4 is 10.8 Å². The lowest BCUT2D eigenvalue weighted by Gasteiger charge is -2.17. The van der Waals surface area contributed by atoms with Gasteiger partial charge in [-0.3, -0.25) is 5.32 Å². The van der Waals surface area contributed by atoms with Gasteiger partial charge in [0.05, 0.1) is 6.61 Å². The monoisotopic (exact) mass is 245 g/mol. The van der Waals surface area contributed by atoms with Gasteiger partial charge in [-0.05, 0) is 30.3 Å². The fraction of sp³-hybridized carbons (Fsp3) is 0.333. The summed E-state index contributed by atoms with van der Waals surface area (Å²) in [5.41, 5.74) is 0.913. The van der Waals surface area contributed by atoms with Crippen molar-refractivity contribution in [2.45, 2.75) is 19.3 Å². The molecule has 0 bridgehead atoms. The van der Waals surface area contributed by atoms with Gasteiger partial charge in [0.2, 0.25) is 0 Å². The molecular formula is C15H19NO2. The van der Waals surface area contributed by atoms with Gasteiger partial charge in [-0.2, -0.15) is 0 Å². The van der Waals surface area contributed by atoms with Crippen LogP contribution in [0.1, 0.15) is 18.6 Å². The molecule has 2 atom stereocenters. The second kappa shape index (κ2) is 5.96. The smallest absolute Gasteiger partial charge is 0.105 e. The molecule has 2 N–H and O–H groups in total. The van der Waals surface area contributed by atoms with Crippen LogP contribution in [0.15, 0.2) is 42.5 Å². The summed E-state index contributed by atoms with van der Waals surface area (Å²) in [7, 11) is 1.83. The van der Waals surface area contributed by atoms with Crippen LogP contribution in [0.25, 0.3) is 10.8 Å². The molecule has 3 heteroatoms. The molecule has 0 aliphatic rings. The topological polar surface area (TPSA) is 41.5 Å². The van der Waals surface area contributed by atoms with E-state index in [1.54, 1.807) is 0 Å². The molecule has 0 heterocycles. The predicted molar refractivity (Wildman–Crippen MR) is 73.4 cm³/mol. The molecule has 0 radical (unpaired) electrons. The van der Waals surface area contributed by atoms with Crippen molar-refractivity contribution in [2.75, 3.05) is 13.7 Å². The molecule has 0 saturated heterocycles. The normalized spacial score (nSPS) is 14.6. The van der Waals surface area contributed by atoms with E-state index in [0.29, 0.717) is 0 Å². The maximum Gasteiger partial charge on any atom is 0.105 e. The van der Waals surface area contributed by atoms with Gasteiger partial charge >= 0.3 is 0 Å². The Hall–Kier alpha value is -1.42. The van der Waals surface area contributed by atoms with Crippen molar-refractivity contribution in [2.24, 2.45) is 0 Å².